The van der Waals surface area contributed by atoms with Crippen LogP contribution < -0.4 is 5.32 Å². The summed E-state index contributed by atoms with van der Waals surface area (Å²) in [4.78, 5) is 11.4. The van der Waals surface area contributed by atoms with Gasteiger partial charge in [-0.25, -0.2) is 0 Å². The van der Waals surface area contributed by atoms with Crippen molar-refractivity contribution in [2.75, 3.05) is 5.32 Å². The molecule has 2 heteroatoms. The van der Waals surface area contributed by atoms with Crippen molar-refractivity contribution in [1.82, 2.24) is 0 Å². The standard InChI is InChI=1S/C12H15NO/c1-4-10-6-5-7-11(8-10)13-12(14)9(2)3/h4-9H,1H2,2-3H3,(H,13,14). The van der Waals surface area contributed by atoms with Gasteiger partial charge in [0.15, 0.2) is 0 Å². The first-order valence-electron chi connectivity index (χ1n) is 4.67. The Hall–Kier alpha value is -1.57. The molecule has 1 rings (SSSR count). The summed E-state index contributed by atoms with van der Waals surface area (Å²) in [5, 5.41) is 2.83. The quantitative estimate of drug-likeness (QED) is 0.778. The lowest BCUT2D eigenvalue weighted by molar-refractivity contribution is -0.118. The molecule has 0 aliphatic heterocycles. The molecule has 0 aromatic heterocycles. The Morgan fingerprint density at radius 1 is 1.50 bits per heavy atom. The minimum Gasteiger partial charge on any atom is -0.326 e. The molecule has 0 radical (unpaired) electrons. The van der Waals surface area contributed by atoms with Gasteiger partial charge in [0.05, 0.1) is 0 Å². The molecule has 1 amide bonds. The lowest BCUT2D eigenvalue weighted by atomic mass is 10.1. The first-order valence-corrected chi connectivity index (χ1v) is 4.67. The van der Waals surface area contributed by atoms with Crippen molar-refractivity contribution in [3.8, 4) is 0 Å². The second kappa shape index (κ2) is 4.61. The molecule has 1 aromatic rings. The van der Waals surface area contributed by atoms with Crippen molar-refractivity contribution in [3.63, 3.8) is 0 Å². The normalized spacial score (nSPS) is 9.93. The topological polar surface area (TPSA) is 29.1 Å². The molecule has 0 fully saturated rings. The van der Waals surface area contributed by atoms with Crippen LogP contribution in [0.5, 0.6) is 0 Å². The Morgan fingerprint density at radius 3 is 2.79 bits per heavy atom. The van der Waals surface area contributed by atoms with Gasteiger partial charge in [-0.3, -0.25) is 4.79 Å². The Balaban J connectivity index is 2.76. The summed E-state index contributed by atoms with van der Waals surface area (Å²) < 4.78 is 0. The van der Waals surface area contributed by atoms with Gasteiger partial charge in [0.2, 0.25) is 5.91 Å². The van der Waals surface area contributed by atoms with E-state index in [4.69, 9.17) is 0 Å². The van der Waals surface area contributed by atoms with E-state index in [-0.39, 0.29) is 11.8 Å². The van der Waals surface area contributed by atoms with E-state index in [2.05, 4.69) is 11.9 Å². The molecule has 0 saturated heterocycles. The van der Waals surface area contributed by atoms with Gasteiger partial charge in [-0.2, -0.15) is 0 Å². The van der Waals surface area contributed by atoms with Crippen molar-refractivity contribution in [3.05, 3.63) is 36.4 Å². The molecule has 0 aliphatic rings. The smallest absolute Gasteiger partial charge is 0.226 e. The number of rotatable bonds is 3. The van der Waals surface area contributed by atoms with Gasteiger partial charge in [0.25, 0.3) is 0 Å². The first-order chi connectivity index (χ1) is 6.63. The third-order valence-electron chi connectivity index (χ3n) is 1.91. The van der Waals surface area contributed by atoms with E-state index in [1.807, 2.05) is 38.1 Å². The Kier molecular flexibility index (Phi) is 3.46. The minimum absolute atomic E-state index is 0.00221. The van der Waals surface area contributed by atoms with E-state index in [0.29, 0.717) is 0 Å². The van der Waals surface area contributed by atoms with E-state index < -0.39 is 0 Å². The lowest BCUT2D eigenvalue weighted by Gasteiger charge is -2.07. The molecular weight excluding hydrogens is 174 g/mol. The van der Waals surface area contributed by atoms with Gasteiger partial charge >= 0.3 is 0 Å². The number of anilines is 1. The summed E-state index contributed by atoms with van der Waals surface area (Å²) in [6.45, 7) is 7.41. The molecular formula is C12H15NO. The fourth-order valence-corrected chi connectivity index (χ4v) is 1.03. The van der Waals surface area contributed by atoms with E-state index in [1.54, 1.807) is 6.08 Å². The van der Waals surface area contributed by atoms with Crippen molar-refractivity contribution in [2.45, 2.75) is 13.8 Å². The third kappa shape index (κ3) is 2.73. The summed E-state index contributed by atoms with van der Waals surface area (Å²) in [5.74, 6) is 0.0357. The second-order valence-electron chi connectivity index (χ2n) is 3.47. The number of hydrogen-bond donors (Lipinski definition) is 1. The van der Waals surface area contributed by atoms with Gasteiger partial charge in [0.1, 0.15) is 0 Å². The number of hydrogen-bond acceptors (Lipinski definition) is 1. The average molecular weight is 189 g/mol. The molecule has 0 heterocycles. The molecule has 2 nitrogen and oxygen atoms in total. The molecule has 0 unspecified atom stereocenters. The summed E-state index contributed by atoms with van der Waals surface area (Å²) >= 11 is 0. The van der Waals surface area contributed by atoms with Crippen LogP contribution in [-0.4, -0.2) is 5.91 Å². The molecule has 14 heavy (non-hydrogen) atoms. The largest absolute Gasteiger partial charge is 0.326 e. The van der Waals surface area contributed by atoms with E-state index in [0.717, 1.165) is 11.3 Å². The molecule has 1 N–H and O–H groups in total. The van der Waals surface area contributed by atoms with Crippen molar-refractivity contribution in [2.24, 2.45) is 5.92 Å². The molecule has 0 spiro atoms. The van der Waals surface area contributed by atoms with E-state index in [1.165, 1.54) is 0 Å². The molecule has 1 aromatic carbocycles. The van der Waals surface area contributed by atoms with E-state index in [9.17, 15) is 4.79 Å². The lowest BCUT2D eigenvalue weighted by Crippen LogP contribution is -2.17. The van der Waals surface area contributed by atoms with Crippen LogP contribution in [0.25, 0.3) is 6.08 Å². The zero-order valence-corrected chi connectivity index (χ0v) is 8.58. The second-order valence-corrected chi connectivity index (χ2v) is 3.47. The molecule has 0 atom stereocenters. The van der Waals surface area contributed by atoms with Crippen LogP contribution in [0.3, 0.4) is 0 Å². The van der Waals surface area contributed by atoms with Gasteiger partial charge < -0.3 is 5.32 Å². The SMILES string of the molecule is C=Cc1cccc(NC(=O)C(C)C)c1. The summed E-state index contributed by atoms with van der Waals surface area (Å²) in [6, 6.07) is 7.60. The van der Waals surface area contributed by atoms with Crippen LogP contribution in [0.2, 0.25) is 0 Å². The highest BCUT2D eigenvalue weighted by atomic mass is 16.1. The van der Waals surface area contributed by atoms with Crippen LogP contribution in [0, 0.1) is 5.92 Å². The van der Waals surface area contributed by atoms with Crippen LogP contribution in [0.4, 0.5) is 5.69 Å². The predicted molar refractivity (Wildman–Crippen MR) is 60.0 cm³/mol. The Labute approximate surface area is 84.6 Å². The highest BCUT2D eigenvalue weighted by molar-refractivity contribution is 5.92. The summed E-state index contributed by atoms with van der Waals surface area (Å²) in [5.41, 5.74) is 1.83. The maximum Gasteiger partial charge on any atom is 0.226 e. The van der Waals surface area contributed by atoms with Crippen molar-refractivity contribution < 1.29 is 4.79 Å². The highest BCUT2D eigenvalue weighted by Gasteiger charge is 2.06. The third-order valence-corrected chi connectivity index (χ3v) is 1.91. The fraction of sp³-hybridized carbons (Fsp3) is 0.250. The molecule has 0 bridgehead atoms. The molecule has 0 aliphatic carbocycles. The molecule has 74 valence electrons. The summed E-state index contributed by atoms with van der Waals surface area (Å²) in [7, 11) is 0. The Bertz CT molecular complexity index is 342. The van der Waals surface area contributed by atoms with Crippen LogP contribution in [0.15, 0.2) is 30.8 Å². The summed E-state index contributed by atoms with van der Waals surface area (Å²) in [6.07, 6.45) is 1.75. The maximum atomic E-state index is 11.4. The van der Waals surface area contributed by atoms with E-state index >= 15 is 0 Å². The van der Waals surface area contributed by atoms with Crippen molar-refractivity contribution >= 4 is 17.7 Å². The monoisotopic (exact) mass is 189 g/mol. The molecule has 0 saturated carbocycles. The number of carbonyl (C=O) groups excluding carboxylic acids is 1. The van der Waals surface area contributed by atoms with Gasteiger partial charge in [-0.05, 0) is 17.7 Å². The van der Waals surface area contributed by atoms with Gasteiger partial charge in [-0.1, -0.05) is 38.6 Å². The van der Waals surface area contributed by atoms with Crippen molar-refractivity contribution in [1.29, 1.82) is 0 Å². The number of nitrogens with one attached hydrogen (secondary N) is 1. The fourth-order valence-electron chi connectivity index (χ4n) is 1.03. The van der Waals surface area contributed by atoms with Gasteiger partial charge in [0, 0.05) is 11.6 Å². The maximum absolute atomic E-state index is 11.4. The first kappa shape index (κ1) is 10.5. The Morgan fingerprint density at radius 2 is 2.21 bits per heavy atom. The van der Waals surface area contributed by atoms with Crippen LogP contribution in [-0.2, 0) is 4.79 Å². The van der Waals surface area contributed by atoms with Gasteiger partial charge in [-0.15, -0.1) is 0 Å². The van der Waals surface area contributed by atoms with Crippen LogP contribution in [0.1, 0.15) is 19.4 Å². The number of benzene rings is 1. The average Bonchev–Trinajstić information content (AvgIpc) is 2.18. The number of carbonyl (C=O) groups is 1. The zero-order valence-electron chi connectivity index (χ0n) is 8.58. The highest BCUT2D eigenvalue weighted by Crippen LogP contribution is 2.12. The zero-order chi connectivity index (χ0) is 10.6. The number of amides is 1. The predicted octanol–water partition coefficient (Wildman–Crippen LogP) is 2.92. The minimum atomic E-state index is 0.00221. The van der Waals surface area contributed by atoms with Crippen LogP contribution >= 0.6 is 0 Å².